The van der Waals surface area contributed by atoms with E-state index in [1.165, 1.54) is 0 Å². The number of carboxylic acids is 1. The van der Waals surface area contributed by atoms with Crippen molar-refractivity contribution in [3.8, 4) is 23.3 Å². The molecule has 0 saturated carbocycles. The van der Waals surface area contributed by atoms with Crippen LogP contribution in [0.5, 0.6) is 0 Å². The molecule has 1 fully saturated rings. The number of aryl methyl sites for hydroxylation is 1. The summed E-state index contributed by atoms with van der Waals surface area (Å²) in [5.41, 5.74) is 4.54. The summed E-state index contributed by atoms with van der Waals surface area (Å²) in [5.74, 6) is -1.17. The fraction of sp³-hybridized carbons (Fsp3) is 0.211. The van der Waals surface area contributed by atoms with E-state index in [-0.39, 0.29) is 5.92 Å². The number of nitriles is 2. The molecule has 2 aromatic rings. The molecule has 0 radical (unpaired) electrons. The van der Waals surface area contributed by atoms with E-state index in [2.05, 4.69) is 12.1 Å². The fourth-order valence-electron chi connectivity index (χ4n) is 2.83. The zero-order chi connectivity index (χ0) is 17.3. The molecule has 1 saturated heterocycles. The van der Waals surface area contributed by atoms with Gasteiger partial charge in [0.15, 0.2) is 0 Å². The minimum absolute atomic E-state index is 0.369. The van der Waals surface area contributed by atoms with Gasteiger partial charge in [-0.25, -0.2) is 0 Å². The van der Waals surface area contributed by atoms with Gasteiger partial charge >= 0.3 is 5.97 Å². The van der Waals surface area contributed by atoms with Crippen molar-refractivity contribution in [2.75, 3.05) is 18.0 Å². The predicted molar refractivity (Wildman–Crippen MR) is 89.4 cm³/mol. The van der Waals surface area contributed by atoms with Gasteiger partial charge in [0.2, 0.25) is 0 Å². The summed E-state index contributed by atoms with van der Waals surface area (Å²) in [5, 5.41) is 27.6. The normalized spacial score (nSPS) is 13.7. The Balaban J connectivity index is 1.92. The molecule has 118 valence electrons. The van der Waals surface area contributed by atoms with Gasteiger partial charge in [-0.2, -0.15) is 10.5 Å². The van der Waals surface area contributed by atoms with Crippen LogP contribution < -0.4 is 4.90 Å². The van der Waals surface area contributed by atoms with Gasteiger partial charge in [-0.3, -0.25) is 4.79 Å². The third kappa shape index (κ3) is 2.68. The average molecular weight is 317 g/mol. The Bertz CT molecular complexity index is 900. The standard InChI is InChI=1S/C19H15N3O2/c1-12-2-3-13(6-15(12)8-20)14-4-5-18(16(7-14)9-21)22-10-17(11-22)19(23)24/h2-7,17H,10-11H2,1H3,(H,23,24). The lowest BCUT2D eigenvalue weighted by molar-refractivity contribution is -0.142. The zero-order valence-electron chi connectivity index (χ0n) is 13.2. The molecule has 2 aromatic carbocycles. The lowest BCUT2D eigenvalue weighted by atomic mass is 9.95. The van der Waals surface area contributed by atoms with Crippen molar-refractivity contribution in [2.45, 2.75) is 6.92 Å². The highest BCUT2D eigenvalue weighted by molar-refractivity contribution is 5.77. The molecule has 1 N–H and O–H groups in total. The van der Waals surface area contributed by atoms with E-state index in [4.69, 9.17) is 10.4 Å². The molecule has 0 amide bonds. The third-order valence-electron chi connectivity index (χ3n) is 4.38. The van der Waals surface area contributed by atoms with Crippen LogP contribution in [-0.2, 0) is 4.79 Å². The Kier molecular flexibility index (Phi) is 3.93. The maximum absolute atomic E-state index is 10.9. The monoisotopic (exact) mass is 317 g/mol. The number of benzene rings is 2. The number of carbonyl (C=O) groups is 1. The number of rotatable bonds is 3. The van der Waals surface area contributed by atoms with Crippen molar-refractivity contribution < 1.29 is 9.90 Å². The summed E-state index contributed by atoms with van der Waals surface area (Å²) >= 11 is 0. The molecule has 1 aliphatic rings. The van der Waals surface area contributed by atoms with Crippen LogP contribution in [0.1, 0.15) is 16.7 Å². The zero-order valence-corrected chi connectivity index (χ0v) is 13.2. The largest absolute Gasteiger partial charge is 0.481 e. The van der Waals surface area contributed by atoms with Crippen LogP contribution in [0.3, 0.4) is 0 Å². The van der Waals surface area contributed by atoms with Gasteiger partial charge < -0.3 is 10.0 Å². The molecular weight excluding hydrogens is 302 g/mol. The third-order valence-corrected chi connectivity index (χ3v) is 4.38. The van der Waals surface area contributed by atoms with Crippen molar-refractivity contribution in [1.82, 2.24) is 0 Å². The SMILES string of the molecule is Cc1ccc(-c2ccc(N3CC(C(=O)O)C3)c(C#N)c2)cc1C#N. The number of carboxylic acid groups (broad SMARTS) is 1. The van der Waals surface area contributed by atoms with Gasteiger partial charge in [-0.1, -0.05) is 18.2 Å². The number of aliphatic carboxylic acids is 1. The maximum atomic E-state index is 10.9. The van der Waals surface area contributed by atoms with Crippen molar-refractivity contribution in [1.29, 1.82) is 10.5 Å². The molecule has 0 atom stereocenters. The molecule has 5 heteroatoms. The van der Waals surface area contributed by atoms with Crippen LogP contribution in [-0.4, -0.2) is 24.2 Å². The second-order valence-electron chi connectivity index (χ2n) is 5.93. The fourth-order valence-corrected chi connectivity index (χ4v) is 2.83. The van der Waals surface area contributed by atoms with Crippen molar-refractivity contribution in [2.24, 2.45) is 5.92 Å². The molecule has 0 aromatic heterocycles. The van der Waals surface area contributed by atoms with Crippen molar-refractivity contribution in [3.63, 3.8) is 0 Å². The van der Waals surface area contributed by atoms with Crippen LogP contribution in [0, 0.1) is 35.5 Å². The van der Waals surface area contributed by atoms with E-state index in [1.807, 2.05) is 42.2 Å². The second-order valence-corrected chi connectivity index (χ2v) is 5.93. The second kappa shape index (κ2) is 6.06. The molecule has 3 rings (SSSR count). The molecule has 24 heavy (non-hydrogen) atoms. The lowest BCUT2D eigenvalue weighted by Gasteiger charge is -2.39. The van der Waals surface area contributed by atoms with Crippen LogP contribution in [0.25, 0.3) is 11.1 Å². The highest BCUT2D eigenvalue weighted by atomic mass is 16.4. The Labute approximate surface area is 140 Å². The highest BCUT2D eigenvalue weighted by Crippen LogP contribution is 2.32. The van der Waals surface area contributed by atoms with Gasteiger partial charge in [-0.15, -0.1) is 0 Å². The molecule has 1 heterocycles. The van der Waals surface area contributed by atoms with Gasteiger partial charge in [0, 0.05) is 13.1 Å². The predicted octanol–water partition coefficient (Wildman–Crippen LogP) is 2.93. The highest BCUT2D eigenvalue weighted by Gasteiger charge is 2.33. The smallest absolute Gasteiger partial charge is 0.310 e. The van der Waals surface area contributed by atoms with Gasteiger partial charge in [-0.05, 0) is 41.8 Å². The first-order chi connectivity index (χ1) is 11.5. The van der Waals surface area contributed by atoms with E-state index in [0.29, 0.717) is 24.2 Å². The molecule has 0 spiro atoms. The molecular formula is C19H15N3O2. The van der Waals surface area contributed by atoms with Crippen LogP contribution in [0.4, 0.5) is 5.69 Å². The minimum atomic E-state index is -0.801. The average Bonchev–Trinajstić information content (AvgIpc) is 2.54. The van der Waals surface area contributed by atoms with Crippen molar-refractivity contribution >= 4 is 11.7 Å². The number of hydrogen-bond donors (Lipinski definition) is 1. The van der Waals surface area contributed by atoms with E-state index in [1.54, 1.807) is 6.07 Å². The molecule has 1 aliphatic heterocycles. The van der Waals surface area contributed by atoms with Gasteiger partial charge in [0.1, 0.15) is 6.07 Å². The topological polar surface area (TPSA) is 88.1 Å². The van der Waals surface area contributed by atoms with Crippen LogP contribution >= 0.6 is 0 Å². The Hall–Kier alpha value is -3.31. The quantitative estimate of drug-likeness (QED) is 0.940. The Morgan fingerprint density at radius 3 is 2.25 bits per heavy atom. The summed E-state index contributed by atoms with van der Waals surface area (Å²) in [6.45, 7) is 2.73. The summed E-state index contributed by atoms with van der Waals surface area (Å²) in [6.07, 6.45) is 0. The summed E-state index contributed by atoms with van der Waals surface area (Å²) < 4.78 is 0. The number of nitrogens with zero attached hydrogens (tertiary/aromatic N) is 3. The van der Waals surface area contributed by atoms with Gasteiger partial charge in [0.05, 0.1) is 28.8 Å². The molecule has 0 unspecified atom stereocenters. The maximum Gasteiger partial charge on any atom is 0.310 e. The molecule has 0 bridgehead atoms. The van der Waals surface area contributed by atoms with E-state index < -0.39 is 5.97 Å². The molecule has 0 aliphatic carbocycles. The summed E-state index contributed by atoms with van der Waals surface area (Å²) in [6, 6.07) is 15.5. The van der Waals surface area contributed by atoms with Gasteiger partial charge in [0.25, 0.3) is 0 Å². The number of anilines is 1. The Morgan fingerprint density at radius 2 is 1.67 bits per heavy atom. The first kappa shape index (κ1) is 15.6. The molecule has 5 nitrogen and oxygen atoms in total. The number of hydrogen-bond acceptors (Lipinski definition) is 4. The van der Waals surface area contributed by atoms with Crippen molar-refractivity contribution in [3.05, 3.63) is 53.1 Å². The first-order valence-corrected chi connectivity index (χ1v) is 7.56. The van der Waals surface area contributed by atoms with E-state index in [0.717, 1.165) is 22.4 Å². The summed E-state index contributed by atoms with van der Waals surface area (Å²) in [4.78, 5) is 12.8. The minimum Gasteiger partial charge on any atom is -0.481 e. The van der Waals surface area contributed by atoms with E-state index in [9.17, 15) is 10.1 Å². The lowest BCUT2D eigenvalue weighted by Crippen LogP contribution is -2.50. The first-order valence-electron chi connectivity index (χ1n) is 7.56. The Morgan fingerprint density at radius 1 is 1.08 bits per heavy atom. The van der Waals surface area contributed by atoms with E-state index >= 15 is 0 Å². The van der Waals surface area contributed by atoms with Crippen LogP contribution in [0.2, 0.25) is 0 Å². The van der Waals surface area contributed by atoms with Crippen LogP contribution in [0.15, 0.2) is 36.4 Å². The summed E-state index contributed by atoms with van der Waals surface area (Å²) in [7, 11) is 0.